The third-order valence-corrected chi connectivity index (χ3v) is 0.881. The highest BCUT2D eigenvalue weighted by Crippen LogP contribution is 1.94. The second kappa shape index (κ2) is 5.22. The van der Waals surface area contributed by atoms with E-state index in [0.717, 1.165) is 12.1 Å². The lowest BCUT2D eigenvalue weighted by molar-refractivity contribution is 1.08. The smallest absolute Gasteiger partial charge is 0.0449 e. The summed E-state index contributed by atoms with van der Waals surface area (Å²) in [6.45, 7) is 5.70. The van der Waals surface area contributed by atoms with Crippen LogP contribution in [-0.2, 0) is 0 Å². The highest BCUT2D eigenvalue weighted by molar-refractivity contribution is 6.16. The lowest BCUT2D eigenvalue weighted by Gasteiger charge is -1.86. The maximum absolute atomic E-state index is 3.96. The van der Waals surface area contributed by atoms with Crippen molar-refractivity contribution in [2.75, 3.05) is 7.05 Å². The molecule has 0 saturated heterocycles. The lowest BCUT2D eigenvalue weighted by Crippen LogP contribution is -1.76. The molecule has 0 aromatic rings. The zero-order chi connectivity index (χ0) is 7.11. The first-order chi connectivity index (χ1) is 4.31. The van der Waals surface area contributed by atoms with Gasteiger partial charge in [0.25, 0.3) is 0 Å². The van der Waals surface area contributed by atoms with Gasteiger partial charge < -0.3 is 0 Å². The van der Waals surface area contributed by atoms with Crippen LogP contribution in [0, 0.1) is 0 Å². The van der Waals surface area contributed by atoms with Crippen molar-refractivity contribution < 1.29 is 0 Å². The molecule has 9 heavy (non-hydrogen) atoms. The monoisotopic (exact) mass is 124 g/mol. The first-order valence-corrected chi connectivity index (χ1v) is 2.93. The normalized spacial score (nSPS) is 11.3. The summed E-state index contributed by atoms with van der Waals surface area (Å²) in [5.41, 5.74) is 0.884. The summed E-state index contributed by atoms with van der Waals surface area (Å²) in [6.07, 6.45) is 4.18. The van der Waals surface area contributed by atoms with Crippen LogP contribution in [-0.4, -0.2) is 19.5 Å². The third kappa shape index (κ3) is 4.94. The average Bonchev–Trinajstić information content (AvgIpc) is 1.89. The molecule has 0 aromatic heterocycles. The van der Waals surface area contributed by atoms with E-state index < -0.39 is 0 Å². The van der Waals surface area contributed by atoms with Crippen LogP contribution >= 0.6 is 0 Å². The molecule has 0 saturated carbocycles. The molecular formula is C7H12N2. The number of aliphatic imine (C=N–C) groups is 2. The second-order valence-corrected chi connectivity index (χ2v) is 1.61. The summed E-state index contributed by atoms with van der Waals surface area (Å²) >= 11 is 0. The van der Waals surface area contributed by atoms with Gasteiger partial charge in [-0.3, -0.25) is 9.98 Å². The van der Waals surface area contributed by atoms with Crippen LogP contribution < -0.4 is 0 Å². The van der Waals surface area contributed by atoms with Gasteiger partial charge in [0, 0.05) is 25.2 Å². The van der Waals surface area contributed by atoms with Gasteiger partial charge in [0.05, 0.1) is 0 Å². The quantitative estimate of drug-likeness (QED) is 0.511. The summed E-state index contributed by atoms with van der Waals surface area (Å²) in [5.74, 6) is 0. The first kappa shape index (κ1) is 8.08. The molecule has 0 bridgehead atoms. The van der Waals surface area contributed by atoms with Gasteiger partial charge in [-0.2, -0.15) is 0 Å². The van der Waals surface area contributed by atoms with Crippen LogP contribution in [0.25, 0.3) is 0 Å². The molecule has 0 aliphatic carbocycles. The molecule has 0 unspecified atom stereocenters. The van der Waals surface area contributed by atoms with Crippen LogP contribution in [0.3, 0.4) is 0 Å². The fraction of sp³-hybridized carbons (Fsp3) is 0.429. The summed E-state index contributed by atoms with van der Waals surface area (Å²) in [5, 5.41) is 0. The third-order valence-electron chi connectivity index (χ3n) is 0.881. The van der Waals surface area contributed by atoms with Gasteiger partial charge in [0.2, 0.25) is 0 Å². The first-order valence-electron chi connectivity index (χ1n) is 2.93. The highest BCUT2D eigenvalue weighted by Gasteiger charge is 1.77. The molecule has 0 aliphatic heterocycles. The van der Waals surface area contributed by atoms with E-state index >= 15 is 0 Å². The summed E-state index contributed by atoms with van der Waals surface area (Å²) in [7, 11) is 1.71. The van der Waals surface area contributed by atoms with Crippen molar-refractivity contribution in [1.82, 2.24) is 0 Å². The van der Waals surface area contributed by atoms with E-state index in [0.29, 0.717) is 0 Å². The Hall–Kier alpha value is -0.920. The number of rotatable bonds is 3. The summed E-state index contributed by atoms with van der Waals surface area (Å²) in [6, 6.07) is 0. The Balaban J connectivity index is 3.57. The van der Waals surface area contributed by atoms with E-state index in [1.165, 1.54) is 0 Å². The Morgan fingerprint density at radius 3 is 2.67 bits per heavy atom. The minimum absolute atomic E-state index is 0.884. The van der Waals surface area contributed by atoms with Gasteiger partial charge in [-0.15, -0.1) is 0 Å². The number of nitrogens with zero attached hydrogens (tertiary/aromatic N) is 2. The zero-order valence-corrected chi connectivity index (χ0v) is 5.96. The number of allylic oxidation sites excluding steroid dienone is 1. The van der Waals surface area contributed by atoms with E-state index in [-0.39, 0.29) is 0 Å². The SMILES string of the molecule is C=C(CC)N=CC=NC. The standard InChI is InChI=1S/C7H12N2/c1-4-7(2)9-6-5-8-3/h5-6H,2,4H2,1,3H3. The minimum atomic E-state index is 0.884. The Morgan fingerprint density at radius 1 is 1.56 bits per heavy atom. The topological polar surface area (TPSA) is 24.7 Å². The molecule has 0 aliphatic rings. The maximum atomic E-state index is 3.96. The predicted molar refractivity (Wildman–Crippen MR) is 42.3 cm³/mol. The molecule has 0 rings (SSSR count). The molecule has 0 atom stereocenters. The molecule has 0 aromatic carbocycles. The van der Waals surface area contributed by atoms with Gasteiger partial charge >= 0.3 is 0 Å². The van der Waals surface area contributed by atoms with Gasteiger partial charge in [0.1, 0.15) is 0 Å². The molecule has 0 fully saturated rings. The van der Waals surface area contributed by atoms with E-state index in [9.17, 15) is 0 Å². The van der Waals surface area contributed by atoms with Gasteiger partial charge in [-0.1, -0.05) is 13.5 Å². The molecular weight excluding hydrogens is 112 g/mol. The molecule has 50 valence electrons. The van der Waals surface area contributed by atoms with E-state index in [1.54, 1.807) is 19.5 Å². The Bertz CT molecular complexity index is 134. The Kier molecular flexibility index (Phi) is 4.69. The number of hydrogen-bond donors (Lipinski definition) is 0. The fourth-order valence-electron chi connectivity index (χ4n) is 0.297. The zero-order valence-electron chi connectivity index (χ0n) is 5.96. The Morgan fingerprint density at radius 2 is 2.22 bits per heavy atom. The summed E-state index contributed by atoms with van der Waals surface area (Å²) < 4.78 is 0. The van der Waals surface area contributed by atoms with Gasteiger partial charge in [0.15, 0.2) is 0 Å². The van der Waals surface area contributed by atoms with Crippen molar-refractivity contribution in [3.05, 3.63) is 12.3 Å². The van der Waals surface area contributed by atoms with Crippen molar-refractivity contribution in [1.29, 1.82) is 0 Å². The molecule has 2 heteroatoms. The van der Waals surface area contributed by atoms with E-state index in [4.69, 9.17) is 0 Å². The molecule has 2 nitrogen and oxygen atoms in total. The van der Waals surface area contributed by atoms with Gasteiger partial charge in [-0.05, 0) is 6.42 Å². The second-order valence-electron chi connectivity index (χ2n) is 1.61. The molecule has 0 spiro atoms. The van der Waals surface area contributed by atoms with Crippen molar-refractivity contribution in [2.24, 2.45) is 9.98 Å². The molecule has 0 radical (unpaired) electrons. The van der Waals surface area contributed by atoms with Crippen molar-refractivity contribution in [2.45, 2.75) is 13.3 Å². The van der Waals surface area contributed by atoms with E-state index in [1.807, 2.05) is 6.92 Å². The van der Waals surface area contributed by atoms with Crippen molar-refractivity contribution >= 4 is 12.4 Å². The summed E-state index contributed by atoms with van der Waals surface area (Å²) in [4.78, 5) is 7.69. The van der Waals surface area contributed by atoms with Crippen LogP contribution in [0.1, 0.15) is 13.3 Å². The van der Waals surface area contributed by atoms with Crippen LogP contribution in [0.15, 0.2) is 22.3 Å². The molecule has 0 heterocycles. The van der Waals surface area contributed by atoms with Crippen LogP contribution in [0.2, 0.25) is 0 Å². The van der Waals surface area contributed by atoms with Crippen LogP contribution in [0.4, 0.5) is 0 Å². The average molecular weight is 124 g/mol. The molecule has 0 amide bonds. The van der Waals surface area contributed by atoms with Crippen LogP contribution in [0.5, 0.6) is 0 Å². The maximum Gasteiger partial charge on any atom is 0.0449 e. The largest absolute Gasteiger partial charge is 0.295 e. The lowest BCUT2D eigenvalue weighted by atomic mass is 10.4. The predicted octanol–water partition coefficient (Wildman–Crippen LogP) is 1.68. The van der Waals surface area contributed by atoms with Crippen molar-refractivity contribution in [3.8, 4) is 0 Å². The van der Waals surface area contributed by atoms with E-state index in [2.05, 4.69) is 16.6 Å². The number of hydrogen-bond acceptors (Lipinski definition) is 2. The minimum Gasteiger partial charge on any atom is -0.295 e. The Labute approximate surface area is 56.0 Å². The fourth-order valence-corrected chi connectivity index (χ4v) is 0.297. The van der Waals surface area contributed by atoms with Gasteiger partial charge in [-0.25, -0.2) is 0 Å². The highest BCUT2D eigenvalue weighted by atomic mass is 14.7. The van der Waals surface area contributed by atoms with Crippen molar-refractivity contribution in [3.63, 3.8) is 0 Å². The molecule has 0 N–H and O–H groups in total.